The second-order valence-corrected chi connectivity index (χ2v) is 13.4. The first kappa shape index (κ1) is 30.2. The SMILES string of the molecule is O=C(NC1(C(=O)O)[C@@H]2CC3C[C@H]1CC(F)(C3)C2)c1cnc(N2CCc3cc(OCCC4CCOCC4)ccc32)nc1C(F)(F)F. The maximum absolute atomic E-state index is 15.3. The number of aromatic nitrogens is 2. The Hall–Kier alpha value is -3.48. The van der Waals surface area contributed by atoms with E-state index in [-0.39, 0.29) is 24.7 Å². The summed E-state index contributed by atoms with van der Waals surface area (Å²) >= 11 is 0. The molecule has 45 heavy (non-hydrogen) atoms. The molecule has 0 spiro atoms. The molecule has 5 fully saturated rings. The number of nitrogens with one attached hydrogen (secondary N) is 1. The molecule has 9 nitrogen and oxygen atoms in total. The molecule has 3 unspecified atom stereocenters. The summed E-state index contributed by atoms with van der Waals surface area (Å²) in [6.07, 6.45) is 0.411. The summed E-state index contributed by atoms with van der Waals surface area (Å²) in [5.74, 6) is -2.94. The highest BCUT2D eigenvalue weighted by molar-refractivity contribution is 5.99. The topological polar surface area (TPSA) is 114 Å². The summed E-state index contributed by atoms with van der Waals surface area (Å²) in [5, 5.41) is 12.8. The predicted molar refractivity (Wildman–Crippen MR) is 153 cm³/mol. The van der Waals surface area contributed by atoms with Crippen LogP contribution in [0.1, 0.15) is 73.0 Å². The summed E-state index contributed by atoms with van der Waals surface area (Å²) in [7, 11) is 0. The lowest BCUT2D eigenvalue weighted by molar-refractivity contribution is -0.174. The number of carbonyl (C=O) groups is 2. The normalized spacial score (nSPS) is 30.8. The van der Waals surface area contributed by atoms with E-state index in [0.717, 1.165) is 44.2 Å². The van der Waals surface area contributed by atoms with Crippen LogP contribution < -0.4 is 15.0 Å². The summed E-state index contributed by atoms with van der Waals surface area (Å²) < 4.78 is 69.8. The molecule has 2 aromatic rings. The Morgan fingerprint density at radius 2 is 1.87 bits per heavy atom. The minimum absolute atomic E-state index is 0.00768. The molecule has 13 heteroatoms. The van der Waals surface area contributed by atoms with Gasteiger partial charge in [-0.25, -0.2) is 19.2 Å². The molecular weight excluding hydrogens is 596 g/mol. The second-order valence-electron chi connectivity index (χ2n) is 13.4. The standard InChI is InChI=1S/C32H36F4N4O5/c33-30-14-19-11-21(15-30)31(28(42)43,22(12-19)16-30)39-27(41)24-17-37-29(38-26(24)32(34,35)36)40-7-3-20-13-23(1-2-25(20)40)45-10-6-18-4-8-44-9-5-18/h1-2,13,17-19,21-22H,3-12,14-16H2,(H,39,41)(H,42,43)/t19?,21-,22+,30?,31?. The van der Waals surface area contributed by atoms with Gasteiger partial charge in [0.05, 0.1) is 12.2 Å². The van der Waals surface area contributed by atoms with Crippen LogP contribution in [0.15, 0.2) is 24.4 Å². The van der Waals surface area contributed by atoms with E-state index in [9.17, 15) is 27.9 Å². The molecule has 4 aliphatic carbocycles. The predicted octanol–water partition coefficient (Wildman–Crippen LogP) is 5.49. The molecule has 6 aliphatic rings. The third-order valence-electron chi connectivity index (χ3n) is 10.7. The van der Waals surface area contributed by atoms with Gasteiger partial charge in [0.1, 0.15) is 17.0 Å². The van der Waals surface area contributed by atoms with Crippen molar-refractivity contribution >= 4 is 23.5 Å². The Morgan fingerprint density at radius 1 is 1.13 bits per heavy atom. The van der Waals surface area contributed by atoms with Crippen LogP contribution in [0, 0.1) is 23.7 Å². The van der Waals surface area contributed by atoms with Gasteiger partial charge in [0.2, 0.25) is 5.95 Å². The minimum atomic E-state index is -5.02. The molecule has 1 aromatic heterocycles. The second kappa shape index (κ2) is 11.1. The zero-order valence-electron chi connectivity index (χ0n) is 24.7. The van der Waals surface area contributed by atoms with Gasteiger partial charge >= 0.3 is 12.1 Å². The van der Waals surface area contributed by atoms with Crippen molar-refractivity contribution in [1.82, 2.24) is 15.3 Å². The monoisotopic (exact) mass is 632 g/mol. The number of nitrogens with zero attached hydrogens (tertiary/aromatic N) is 3. The fraction of sp³-hybridized carbons (Fsp3) is 0.625. The Bertz CT molecular complexity index is 1480. The van der Waals surface area contributed by atoms with Crippen LogP contribution in [-0.4, -0.2) is 64.5 Å². The van der Waals surface area contributed by atoms with Crippen molar-refractivity contribution in [3.8, 4) is 5.75 Å². The van der Waals surface area contributed by atoms with E-state index in [1.54, 1.807) is 17.0 Å². The van der Waals surface area contributed by atoms with Gasteiger partial charge in [-0.05, 0) is 105 Å². The first-order valence-electron chi connectivity index (χ1n) is 15.8. The van der Waals surface area contributed by atoms with Gasteiger partial charge in [-0.1, -0.05) is 0 Å². The van der Waals surface area contributed by atoms with Crippen molar-refractivity contribution in [3.05, 3.63) is 41.2 Å². The lowest BCUT2D eigenvalue weighted by atomic mass is 9.47. The van der Waals surface area contributed by atoms with Gasteiger partial charge in [-0.15, -0.1) is 0 Å². The maximum Gasteiger partial charge on any atom is 0.434 e. The summed E-state index contributed by atoms with van der Waals surface area (Å²) in [5.41, 5.74) is -4.11. The molecule has 5 atom stereocenters. The van der Waals surface area contributed by atoms with Crippen molar-refractivity contribution in [2.45, 2.75) is 75.2 Å². The van der Waals surface area contributed by atoms with Crippen LogP contribution in [0.5, 0.6) is 5.75 Å². The third-order valence-corrected chi connectivity index (χ3v) is 10.7. The highest BCUT2D eigenvalue weighted by atomic mass is 19.4. The zero-order chi connectivity index (χ0) is 31.6. The van der Waals surface area contributed by atoms with E-state index in [4.69, 9.17) is 9.47 Å². The Balaban J connectivity index is 1.10. The number of alkyl halides is 4. The molecule has 1 saturated heterocycles. The van der Waals surface area contributed by atoms with Gasteiger partial charge in [-0.2, -0.15) is 13.2 Å². The molecule has 4 saturated carbocycles. The number of anilines is 2. The van der Waals surface area contributed by atoms with Crippen LogP contribution in [-0.2, 0) is 22.1 Å². The van der Waals surface area contributed by atoms with Crippen molar-refractivity contribution < 1.29 is 41.7 Å². The first-order valence-corrected chi connectivity index (χ1v) is 15.8. The van der Waals surface area contributed by atoms with Gasteiger partial charge in [0, 0.05) is 31.6 Å². The van der Waals surface area contributed by atoms with Crippen LogP contribution in [0.2, 0.25) is 0 Å². The lowest BCUT2D eigenvalue weighted by Crippen LogP contribution is -2.72. The number of aliphatic carboxylic acids is 1. The number of carboxylic acid groups (broad SMARTS) is 1. The molecule has 242 valence electrons. The van der Waals surface area contributed by atoms with E-state index >= 15 is 4.39 Å². The highest BCUT2D eigenvalue weighted by Gasteiger charge is 2.66. The zero-order valence-corrected chi connectivity index (χ0v) is 24.7. The quantitative estimate of drug-likeness (QED) is 0.368. The van der Waals surface area contributed by atoms with E-state index < -0.39 is 52.4 Å². The Morgan fingerprint density at radius 3 is 2.53 bits per heavy atom. The van der Waals surface area contributed by atoms with Gasteiger partial charge in [0.15, 0.2) is 5.69 Å². The number of rotatable bonds is 8. The average molecular weight is 633 g/mol. The van der Waals surface area contributed by atoms with Gasteiger partial charge < -0.3 is 24.8 Å². The summed E-state index contributed by atoms with van der Waals surface area (Å²) in [4.78, 5) is 35.6. The fourth-order valence-electron chi connectivity index (χ4n) is 8.71. The lowest BCUT2D eigenvalue weighted by Gasteiger charge is -2.61. The Labute approximate surface area is 257 Å². The van der Waals surface area contributed by atoms with Gasteiger partial charge in [0.25, 0.3) is 5.91 Å². The number of halogens is 4. The van der Waals surface area contributed by atoms with E-state index in [1.165, 1.54) is 0 Å². The molecule has 8 rings (SSSR count). The molecule has 2 N–H and O–H groups in total. The van der Waals surface area contributed by atoms with Crippen LogP contribution >= 0.6 is 0 Å². The molecular formula is C32H36F4N4O5. The number of fused-ring (bicyclic) bond motifs is 1. The first-order chi connectivity index (χ1) is 21.4. The summed E-state index contributed by atoms with van der Waals surface area (Å²) in [6.45, 7) is 2.44. The van der Waals surface area contributed by atoms with E-state index in [1.807, 2.05) is 6.07 Å². The summed E-state index contributed by atoms with van der Waals surface area (Å²) in [6, 6.07) is 5.42. The molecule has 0 radical (unpaired) electrons. The van der Waals surface area contributed by atoms with Gasteiger partial charge in [-0.3, -0.25) is 4.79 Å². The van der Waals surface area contributed by atoms with Crippen LogP contribution in [0.3, 0.4) is 0 Å². The number of benzene rings is 1. The maximum atomic E-state index is 15.3. The number of ether oxygens (including phenoxy) is 2. The van der Waals surface area contributed by atoms with Crippen LogP contribution in [0.4, 0.5) is 29.2 Å². The number of carbonyl (C=O) groups excluding carboxylic acids is 1. The van der Waals surface area contributed by atoms with Crippen molar-refractivity contribution in [3.63, 3.8) is 0 Å². The van der Waals surface area contributed by atoms with E-state index in [2.05, 4.69) is 15.3 Å². The fourth-order valence-corrected chi connectivity index (χ4v) is 8.71. The minimum Gasteiger partial charge on any atom is -0.494 e. The molecule has 1 amide bonds. The number of hydrogen-bond donors (Lipinski definition) is 2. The van der Waals surface area contributed by atoms with Crippen molar-refractivity contribution in [2.75, 3.05) is 31.3 Å². The third kappa shape index (κ3) is 5.40. The smallest absolute Gasteiger partial charge is 0.434 e. The molecule has 1 aromatic carbocycles. The number of carboxylic acids is 1. The average Bonchev–Trinajstić information content (AvgIpc) is 3.41. The molecule has 4 bridgehead atoms. The largest absolute Gasteiger partial charge is 0.494 e. The number of amides is 1. The van der Waals surface area contributed by atoms with Crippen LogP contribution in [0.25, 0.3) is 0 Å². The van der Waals surface area contributed by atoms with E-state index in [0.29, 0.717) is 56.2 Å². The number of hydrogen-bond acceptors (Lipinski definition) is 7. The van der Waals surface area contributed by atoms with Crippen molar-refractivity contribution in [1.29, 1.82) is 0 Å². The van der Waals surface area contributed by atoms with Crippen molar-refractivity contribution in [2.24, 2.45) is 23.7 Å². The molecule has 2 aliphatic heterocycles. The Kier molecular flexibility index (Phi) is 7.44. The molecule has 3 heterocycles. The highest BCUT2D eigenvalue weighted by Crippen LogP contribution is 2.61.